The van der Waals surface area contributed by atoms with Gasteiger partial charge in [0, 0.05) is 5.75 Å². The van der Waals surface area contributed by atoms with Gasteiger partial charge in [0.05, 0.1) is 5.21 Å². The van der Waals surface area contributed by atoms with Gasteiger partial charge in [0.15, 0.2) is 0 Å². The Hall–Kier alpha value is 0.0700. The summed E-state index contributed by atoms with van der Waals surface area (Å²) in [6.45, 7) is 0. The van der Waals surface area contributed by atoms with Crippen LogP contribution in [0.15, 0.2) is 0 Å². The highest BCUT2D eigenvalue weighted by molar-refractivity contribution is 8.00. The summed E-state index contributed by atoms with van der Waals surface area (Å²) in [4.78, 5) is 10.0. The van der Waals surface area contributed by atoms with Crippen LogP contribution in [0, 0.1) is 0 Å². The van der Waals surface area contributed by atoms with Gasteiger partial charge in [-0.3, -0.25) is 4.79 Å². The molecule has 3 N–H and O–H groups in total. The summed E-state index contributed by atoms with van der Waals surface area (Å²) in [7, 11) is 0. The quantitative estimate of drug-likeness (QED) is 0.596. The Balaban J connectivity index is 3.27. The Morgan fingerprint density at radius 3 is 2.78 bits per heavy atom. The van der Waals surface area contributed by atoms with E-state index >= 15 is 0 Å². The Bertz CT molecular complexity index is 101. The Labute approximate surface area is 62.6 Å². The summed E-state index contributed by atoms with van der Waals surface area (Å²) < 4.78 is 0. The van der Waals surface area contributed by atoms with Gasteiger partial charge in [0.2, 0.25) is 0 Å². The first-order chi connectivity index (χ1) is 4.18. The van der Waals surface area contributed by atoms with Crippen LogP contribution in [-0.2, 0) is 4.79 Å². The Morgan fingerprint density at radius 2 is 2.44 bits per heavy atom. The molecule has 3 nitrogen and oxygen atoms in total. The second kappa shape index (κ2) is 4.90. The number of alkyl halides is 1. The van der Waals surface area contributed by atoms with Gasteiger partial charge in [-0.25, -0.2) is 0 Å². The monoisotopic (exact) mass is 169 g/mol. The maximum atomic E-state index is 10.0. The van der Waals surface area contributed by atoms with Crippen LogP contribution in [0.5, 0.6) is 0 Å². The molecule has 54 valence electrons. The van der Waals surface area contributed by atoms with Crippen molar-refractivity contribution in [2.45, 2.75) is 6.04 Å². The molecule has 0 aliphatic heterocycles. The fraction of sp³-hybridized carbons (Fsp3) is 0.750. The van der Waals surface area contributed by atoms with Crippen molar-refractivity contribution in [3.8, 4) is 0 Å². The smallest absolute Gasteiger partial charge is 0.321 e. The lowest BCUT2D eigenvalue weighted by atomic mass is 10.4. The fourth-order valence-electron chi connectivity index (χ4n) is 0.243. The van der Waals surface area contributed by atoms with Crippen molar-refractivity contribution in [1.82, 2.24) is 0 Å². The highest BCUT2D eigenvalue weighted by atomic mass is 35.5. The number of hydrogen-bond acceptors (Lipinski definition) is 3. The lowest BCUT2D eigenvalue weighted by Gasteiger charge is -2.01. The van der Waals surface area contributed by atoms with Gasteiger partial charge in [0.1, 0.15) is 6.04 Å². The van der Waals surface area contributed by atoms with E-state index < -0.39 is 12.0 Å². The first-order valence-electron chi connectivity index (χ1n) is 2.30. The van der Waals surface area contributed by atoms with Gasteiger partial charge in [-0.15, -0.1) is 23.4 Å². The standard InChI is InChI=1S/C4H8ClNO2S/c5-2-9-1-3(6)4(7)8/h3H,1-2,6H2,(H,7,8). The largest absolute Gasteiger partial charge is 0.480 e. The molecule has 1 unspecified atom stereocenters. The molecule has 0 aliphatic carbocycles. The van der Waals surface area contributed by atoms with Crippen molar-refractivity contribution < 1.29 is 9.90 Å². The van der Waals surface area contributed by atoms with E-state index in [1.54, 1.807) is 0 Å². The number of aliphatic carboxylic acids is 1. The van der Waals surface area contributed by atoms with E-state index in [2.05, 4.69) is 0 Å². The molecule has 0 heterocycles. The van der Waals surface area contributed by atoms with Crippen LogP contribution in [-0.4, -0.2) is 28.1 Å². The predicted molar refractivity (Wildman–Crippen MR) is 38.8 cm³/mol. The van der Waals surface area contributed by atoms with Crippen molar-refractivity contribution in [3.63, 3.8) is 0 Å². The molecule has 0 aliphatic rings. The number of thioether (sulfide) groups is 1. The summed E-state index contributed by atoms with van der Waals surface area (Å²) in [5.74, 6) is -0.605. The summed E-state index contributed by atoms with van der Waals surface area (Å²) in [5.41, 5.74) is 5.12. The molecular formula is C4H8ClNO2S. The minimum atomic E-state index is -0.979. The third-order valence-corrected chi connectivity index (χ3v) is 1.90. The van der Waals surface area contributed by atoms with Gasteiger partial charge in [-0.2, -0.15) is 0 Å². The lowest BCUT2D eigenvalue weighted by molar-refractivity contribution is -0.137. The third kappa shape index (κ3) is 4.57. The molecule has 5 heteroatoms. The first kappa shape index (κ1) is 9.07. The molecule has 0 radical (unpaired) electrons. The normalized spacial score (nSPS) is 13.1. The number of rotatable bonds is 4. The second-order valence-electron chi connectivity index (χ2n) is 1.42. The molecule has 0 saturated heterocycles. The van der Waals surface area contributed by atoms with Crippen LogP contribution in [0.25, 0.3) is 0 Å². The number of carboxylic acids is 1. The van der Waals surface area contributed by atoms with Crippen molar-refractivity contribution in [3.05, 3.63) is 0 Å². The van der Waals surface area contributed by atoms with Crippen molar-refractivity contribution in [2.75, 3.05) is 11.0 Å². The highest BCUT2D eigenvalue weighted by Gasteiger charge is 2.09. The van der Waals surface area contributed by atoms with Gasteiger partial charge in [0.25, 0.3) is 0 Å². The van der Waals surface area contributed by atoms with Crippen LogP contribution < -0.4 is 5.73 Å². The summed E-state index contributed by atoms with van der Waals surface area (Å²) >= 11 is 6.57. The maximum Gasteiger partial charge on any atom is 0.321 e. The third-order valence-electron chi connectivity index (χ3n) is 0.692. The van der Waals surface area contributed by atoms with Gasteiger partial charge < -0.3 is 10.8 Å². The number of carboxylic acid groups (broad SMARTS) is 1. The zero-order valence-electron chi connectivity index (χ0n) is 4.71. The molecule has 0 aromatic heterocycles. The molecule has 0 fully saturated rings. The SMILES string of the molecule is NC(CSCCl)C(=O)O. The molecule has 0 spiro atoms. The highest BCUT2D eigenvalue weighted by Crippen LogP contribution is 2.02. The van der Waals surface area contributed by atoms with Crippen LogP contribution >= 0.6 is 23.4 Å². The summed E-state index contributed by atoms with van der Waals surface area (Å²) in [6, 6.07) is -0.784. The van der Waals surface area contributed by atoms with Crippen LogP contribution in [0.2, 0.25) is 0 Å². The van der Waals surface area contributed by atoms with Gasteiger partial charge >= 0.3 is 5.97 Å². The number of carbonyl (C=O) groups is 1. The van der Waals surface area contributed by atoms with E-state index in [9.17, 15) is 4.79 Å². The maximum absolute atomic E-state index is 10.0. The molecule has 0 aromatic carbocycles. The molecule has 0 rings (SSSR count). The van der Waals surface area contributed by atoms with Crippen LogP contribution in [0.4, 0.5) is 0 Å². The van der Waals surface area contributed by atoms with Crippen LogP contribution in [0.3, 0.4) is 0 Å². The number of nitrogens with two attached hydrogens (primary N) is 1. The molecule has 0 saturated carbocycles. The van der Waals surface area contributed by atoms with Crippen LogP contribution in [0.1, 0.15) is 0 Å². The molecule has 0 bridgehead atoms. The minimum absolute atomic E-state index is 0.374. The summed E-state index contributed by atoms with van der Waals surface area (Å²) in [5, 5.41) is 8.62. The second-order valence-corrected chi connectivity index (χ2v) is 3.04. The molecule has 1 atom stereocenters. The van der Waals surface area contributed by atoms with Crippen molar-refractivity contribution >= 4 is 29.3 Å². The van der Waals surface area contributed by atoms with Gasteiger partial charge in [-0.05, 0) is 0 Å². The van der Waals surface area contributed by atoms with E-state index in [-0.39, 0.29) is 0 Å². The Morgan fingerprint density at radius 1 is 1.89 bits per heavy atom. The average Bonchev–Trinajstić information content (AvgIpc) is 1.82. The lowest BCUT2D eigenvalue weighted by Crippen LogP contribution is -2.32. The summed E-state index contributed by atoms with van der Waals surface area (Å²) in [6.07, 6.45) is 0. The topological polar surface area (TPSA) is 63.3 Å². The first-order valence-corrected chi connectivity index (χ1v) is 3.99. The van der Waals surface area contributed by atoms with Crippen molar-refractivity contribution in [1.29, 1.82) is 0 Å². The number of hydrogen-bond donors (Lipinski definition) is 2. The predicted octanol–water partition coefficient (Wildman–Crippen LogP) is 0.328. The fourth-order valence-corrected chi connectivity index (χ4v) is 0.996. The molecular weight excluding hydrogens is 162 g/mol. The zero-order valence-corrected chi connectivity index (χ0v) is 6.28. The van der Waals surface area contributed by atoms with E-state index in [0.717, 1.165) is 0 Å². The van der Waals surface area contributed by atoms with E-state index in [4.69, 9.17) is 22.4 Å². The molecule has 0 amide bonds. The Kier molecular flexibility index (Phi) is 4.94. The minimum Gasteiger partial charge on any atom is -0.480 e. The van der Waals surface area contributed by atoms with Gasteiger partial charge in [-0.1, -0.05) is 0 Å². The van der Waals surface area contributed by atoms with E-state index in [0.29, 0.717) is 11.0 Å². The average molecular weight is 170 g/mol. The molecule has 0 aromatic rings. The van der Waals surface area contributed by atoms with E-state index in [1.165, 1.54) is 11.8 Å². The van der Waals surface area contributed by atoms with E-state index in [1.807, 2.05) is 0 Å². The number of halogens is 1. The zero-order chi connectivity index (χ0) is 7.28. The van der Waals surface area contributed by atoms with Crippen molar-refractivity contribution in [2.24, 2.45) is 5.73 Å². The molecule has 9 heavy (non-hydrogen) atoms.